The molecule has 0 unspecified atom stereocenters. The average Bonchev–Trinajstić information content (AvgIpc) is 2.89. The molecule has 0 saturated heterocycles. The van der Waals surface area contributed by atoms with Gasteiger partial charge in [0.1, 0.15) is 17.1 Å². The van der Waals surface area contributed by atoms with Crippen LogP contribution in [0.1, 0.15) is 18.3 Å². The molecular weight excluding hydrogens is 286 g/mol. The fourth-order valence-corrected chi connectivity index (χ4v) is 2.74. The lowest BCUT2D eigenvalue weighted by molar-refractivity contribution is 0.340. The number of allylic oxidation sites excluding steroid dienone is 1. The number of imidazole rings is 1. The molecule has 0 bridgehead atoms. The van der Waals surface area contributed by atoms with Crippen LogP contribution in [-0.4, -0.2) is 16.2 Å². The lowest BCUT2D eigenvalue weighted by Gasteiger charge is -2.08. The third-order valence-corrected chi connectivity index (χ3v) is 3.80. The monoisotopic (exact) mass is 307 g/mol. The van der Waals surface area contributed by atoms with E-state index in [1.54, 1.807) is 0 Å². The van der Waals surface area contributed by atoms with E-state index < -0.39 is 0 Å². The van der Waals surface area contributed by atoms with Crippen LogP contribution in [0.2, 0.25) is 0 Å². The van der Waals surface area contributed by atoms with Crippen LogP contribution in [0.5, 0.6) is 5.75 Å². The summed E-state index contributed by atoms with van der Waals surface area (Å²) in [4.78, 5) is 4.74. The van der Waals surface area contributed by atoms with Crippen molar-refractivity contribution >= 4 is 16.7 Å². The molecule has 2 N–H and O–H groups in total. The zero-order valence-electron chi connectivity index (χ0n) is 13.3. The van der Waals surface area contributed by atoms with Crippen molar-refractivity contribution in [2.75, 3.05) is 12.3 Å². The molecule has 2 aromatic carbocycles. The SMILES string of the molecule is C=CCn1c(Cc2ccc(OCC)cc2)nc2c(N)cccc21. The van der Waals surface area contributed by atoms with Crippen LogP contribution >= 0.6 is 0 Å². The van der Waals surface area contributed by atoms with Gasteiger partial charge in [0.15, 0.2) is 0 Å². The summed E-state index contributed by atoms with van der Waals surface area (Å²) in [5, 5.41) is 0. The lowest BCUT2D eigenvalue weighted by atomic mass is 10.1. The van der Waals surface area contributed by atoms with Crippen LogP contribution in [0.15, 0.2) is 55.1 Å². The number of aromatic nitrogens is 2. The number of nitrogens with two attached hydrogens (primary N) is 1. The first kappa shape index (κ1) is 15.2. The second-order valence-electron chi connectivity index (χ2n) is 5.40. The smallest absolute Gasteiger partial charge is 0.119 e. The van der Waals surface area contributed by atoms with Crippen molar-refractivity contribution in [3.8, 4) is 5.75 Å². The summed E-state index contributed by atoms with van der Waals surface area (Å²) in [6, 6.07) is 14.0. The minimum Gasteiger partial charge on any atom is -0.494 e. The first-order valence-corrected chi connectivity index (χ1v) is 7.79. The Kier molecular flexibility index (Phi) is 4.33. The van der Waals surface area contributed by atoms with Crippen molar-refractivity contribution in [3.63, 3.8) is 0 Å². The van der Waals surface area contributed by atoms with Crippen molar-refractivity contribution < 1.29 is 4.74 Å². The van der Waals surface area contributed by atoms with Gasteiger partial charge in [0.2, 0.25) is 0 Å². The van der Waals surface area contributed by atoms with E-state index >= 15 is 0 Å². The molecule has 0 aliphatic heterocycles. The van der Waals surface area contributed by atoms with Crippen LogP contribution in [-0.2, 0) is 13.0 Å². The van der Waals surface area contributed by atoms with Gasteiger partial charge in [-0.15, -0.1) is 6.58 Å². The Bertz CT molecular complexity index is 818. The Hall–Kier alpha value is -2.75. The van der Waals surface area contributed by atoms with Crippen LogP contribution in [0.3, 0.4) is 0 Å². The fourth-order valence-electron chi connectivity index (χ4n) is 2.74. The maximum absolute atomic E-state index is 6.06. The Balaban J connectivity index is 1.96. The molecule has 3 rings (SSSR count). The molecule has 1 aromatic heterocycles. The molecule has 0 amide bonds. The zero-order valence-corrected chi connectivity index (χ0v) is 13.3. The van der Waals surface area contributed by atoms with E-state index in [0.717, 1.165) is 29.0 Å². The van der Waals surface area contributed by atoms with E-state index in [4.69, 9.17) is 15.5 Å². The lowest BCUT2D eigenvalue weighted by Crippen LogP contribution is -2.03. The van der Waals surface area contributed by atoms with Crippen LogP contribution in [0.25, 0.3) is 11.0 Å². The molecule has 0 aliphatic carbocycles. The normalized spacial score (nSPS) is 10.8. The zero-order chi connectivity index (χ0) is 16.2. The van der Waals surface area contributed by atoms with E-state index in [2.05, 4.69) is 23.3 Å². The summed E-state index contributed by atoms with van der Waals surface area (Å²) in [6.07, 6.45) is 2.63. The van der Waals surface area contributed by atoms with E-state index in [1.807, 2.05) is 43.3 Å². The molecule has 0 aliphatic rings. The highest BCUT2D eigenvalue weighted by Gasteiger charge is 2.12. The van der Waals surface area contributed by atoms with Crippen molar-refractivity contribution in [3.05, 3.63) is 66.5 Å². The average molecular weight is 307 g/mol. The fraction of sp³-hybridized carbons (Fsp3) is 0.211. The van der Waals surface area contributed by atoms with Crippen LogP contribution < -0.4 is 10.5 Å². The predicted molar refractivity (Wildman–Crippen MR) is 94.8 cm³/mol. The molecule has 4 nitrogen and oxygen atoms in total. The molecule has 0 spiro atoms. The quantitative estimate of drug-likeness (QED) is 0.557. The van der Waals surface area contributed by atoms with Gasteiger partial charge in [-0.2, -0.15) is 0 Å². The largest absolute Gasteiger partial charge is 0.494 e. The van der Waals surface area contributed by atoms with Gasteiger partial charge in [0, 0.05) is 13.0 Å². The van der Waals surface area contributed by atoms with Crippen molar-refractivity contribution in [2.45, 2.75) is 19.9 Å². The van der Waals surface area contributed by atoms with E-state index in [-0.39, 0.29) is 0 Å². The molecule has 0 radical (unpaired) electrons. The van der Waals surface area contributed by atoms with E-state index in [1.165, 1.54) is 5.56 Å². The molecule has 4 heteroatoms. The van der Waals surface area contributed by atoms with Gasteiger partial charge < -0.3 is 15.0 Å². The second kappa shape index (κ2) is 6.57. The van der Waals surface area contributed by atoms with Crippen LogP contribution in [0, 0.1) is 0 Å². The molecule has 3 aromatic rings. The molecular formula is C19H21N3O. The topological polar surface area (TPSA) is 53.1 Å². The standard InChI is InChI=1S/C19H21N3O/c1-3-12-22-17-7-5-6-16(20)19(17)21-18(22)13-14-8-10-15(11-9-14)23-4-2/h3,5-11H,1,4,12-13,20H2,2H3. The minimum atomic E-state index is 0.674. The number of ether oxygens (including phenoxy) is 1. The third-order valence-electron chi connectivity index (χ3n) is 3.80. The Morgan fingerprint density at radius 2 is 2.00 bits per heavy atom. The van der Waals surface area contributed by atoms with Crippen molar-refractivity contribution in [1.29, 1.82) is 0 Å². The van der Waals surface area contributed by atoms with Gasteiger partial charge in [-0.1, -0.05) is 24.3 Å². The summed E-state index contributed by atoms with van der Waals surface area (Å²) in [5.74, 6) is 1.88. The number of anilines is 1. The summed E-state index contributed by atoms with van der Waals surface area (Å²) < 4.78 is 7.65. The van der Waals surface area contributed by atoms with Crippen molar-refractivity contribution in [2.24, 2.45) is 0 Å². The van der Waals surface area contributed by atoms with Crippen molar-refractivity contribution in [1.82, 2.24) is 9.55 Å². The number of para-hydroxylation sites is 1. The van der Waals surface area contributed by atoms with Gasteiger partial charge in [0.05, 0.1) is 17.8 Å². The number of hydrogen-bond acceptors (Lipinski definition) is 3. The number of rotatable bonds is 6. The molecule has 1 heterocycles. The highest BCUT2D eigenvalue weighted by molar-refractivity contribution is 5.87. The number of fused-ring (bicyclic) bond motifs is 1. The Labute approximate surface area is 136 Å². The first-order valence-electron chi connectivity index (χ1n) is 7.79. The van der Waals surface area contributed by atoms with E-state index in [0.29, 0.717) is 18.8 Å². The summed E-state index contributed by atoms with van der Waals surface area (Å²) in [6.45, 7) is 7.22. The molecule has 0 saturated carbocycles. The Morgan fingerprint density at radius 3 is 2.70 bits per heavy atom. The number of nitrogen functional groups attached to an aromatic ring is 1. The highest BCUT2D eigenvalue weighted by Crippen LogP contribution is 2.24. The molecule has 0 atom stereocenters. The molecule has 0 fully saturated rings. The maximum atomic E-state index is 6.06. The van der Waals surface area contributed by atoms with Crippen LogP contribution in [0.4, 0.5) is 5.69 Å². The van der Waals surface area contributed by atoms with Gasteiger partial charge in [-0.3, -0.25) is 0 Å². The minimum absolute atomic E-state index is 0.674. The number of nitrogens with zero attached hydrogens (tertiary/aromatic N) is 2. The van der Waals surface area contributed by atoms with Gasteiger partial charge in [-0.05, 0) is 36.8 Å². The molecule has 23 heavy (non-hydrogen) atoms. The summed E-state index contributed by atoms with van der Waals surface area (Å²) >= 11 is 0. The summed E-state index contributed by atoms with van der Waals surface area (Å²) in [5.41, 5.74) is 9.86. The maximum Gasteiger partial charge on any atom is 0.119 e. The highest BCUT2D eigenvalue weighted by atomic mass is 16.5. The third kappa shape index (κ3) is 3.06. The number of benzene rings is 2. The second-order valence-corrected chi connectivity index (χ2v) is 5.40. The van der Waals surface area contributed by atoms with Gasteiger partial charge in [-0.25, -0.2) is 4.98 Å². The molecule has 118 valence electrons. The summed E-state index contributed by atoms with van der Waals surface area (Å²) in [7, 11) is 0. The first-order chi connectivity index (χ1) is 11.2. The Morgan fingerprint density at radius 1 is 1.22 bits per heavy atom. The predicted octanol–water partition coefficient (Wildman–Crippen LogP) is 3.79. The van der Waals surface area contributed by atoms with E-state index in [9.17, 15) is 0 Å². The number of hydrogen-bond donors (Lipinski definition) is 1. The van der Waals surface area contributed by atoms with Gasteiger partial charge in [0.25, 0.3) is 0 Å². The van der Waals surface area contributed by atoms with Gasteiger partial charge >= 0.3 is 0 Å².